The summed E-state index contributed by atoms with van der Waals surface area (Å²) in [7, 11) is 0. The lowest BCUT2D eigenvalue weighted by Crippen LogP contribution is -1.89. The highest BCUT2D eigenvalue weighted by molar-refractivity contribution is 9.10. The van der Waals surface area contributed by atoms with Gasteiger partial charge in [0.1, 0.15) is 0 Å². The van der Waals surface area contributed by atoms with Gasteiger partial charge in [-0.05, 0) is 22.0 Å². The van der Waals surface area contributed by atoms with Crippen LogP contribution in [-0.2, 0) is 0 Å². The lowest BCUT2D eigenvalue weighted by molar-refractivity contribution is 0.101. The topological polar surface area (TPSA) is 30.0 Å². The summed E-state index contributed by atoms with van der Waals surface area (Å²) in [5, 5.41) is 4.49. The number of nitrogens with zero attached hydrogens (tertiary/aromatic N) is 1. The van der Waals surface area contributed by atoms with Crippen LogP contribution in [0.15, 0.2) is 21.3 Å². The highest BCUT2D eigenvalue weighted by Gasteiger charge is 2.09. The summed E-state index contributed by atoms with van der Waals surface area (Å²) < 4.78 is 1.05. The minimum atomic E-state index is 0.0249. The Labute approximate surface area is 97.7 Å². The molecule has 0 unspecified atom stereocenters. The molecule has 0 fully saturated rings. The third kappa shape index (κ3) is 1.94. The molecule has 0 saturated carbocycles. The monoisotopic (exact) mass is 287 g/mol. The molecule has 0 bridgehead atoms. The first-order valence-corrected chi connectivity index (χ1v) is 6.43. The molecule has 2 rings (SSSR count). The van der Waals surface area contributed by atoms with E-state index in [9.17, 15) is 4.79 Å². The summed E-state index contributed by atoms with van der Waals surface area (Å²) in [5.41, 5.74) is 0.885. The van der Waals surface area contributed by atoms with E-state index in [1.54, 1.807) is 11.3 Å². The Morgan fingerprint density at radius 3 is 2.71 bits per heavy atom. The van der Waals surface area contributed by atoms with Gasteiger partial charge < -0.3 is 0 Å². The summed E-state index contributed by atoms with van der Waals surface area (Å²) in [6.45, 7) is 1.53. The quantitative estimate of drug-likeness (QED) is 0.786. The van der Waals surface area contributed by atoms with Crippen LogP contribution in [0.2, 0.25) is 0 Å². The second-order valence-electron chi connectivity index (χ2n) is 2.72. The van der Waals surface area contributed by atoms with Gasteiger partial charge in [0, 0.05) is 22.2 Å². The largest absolute Gasteiger partial charge is 0.292 e. The van der Waals surface area contributed by atoms with Crippen LogP contribution in [0.5, 0.6) is 0 Å². The van der Waals surface area contributed by atoms with Gasteiger partial charge in [-0.1, -0.05) is 0 Å². The molecule has 0 aliphatic carbocycles. The molecular formula is C9H6BrNOS2. The second-order valence-corrected chi connectivity index (χ2v) is 5.41. The van der Waals surface area contributed by atoms with Gasteiger partial charge in [0.2, 0.25) is 0 Å². The average Bonchev–Trinajstić information content (AvgIpc) is 2.70. The van der Waals surface area contributed by atoms with Gasteiger partial charge in [0.25, 0.3) is 0 Å². The van der Waals surface area contributed by atoms with E-state index in [1.807, 2.05) is 16.8 Å². The number of hydrogen-bond donors (Lipinski definition) is 0. The van der Waals surface area contributed by atoms with Gasteiger partial charge in [-0.15, -0.1) is 22.7 Å². The maximum absolute atomic E-state index is 11.0. The number of carbonyl (C=O) groups excluding carboxylic acids is 1. The van der Waals surface area contributed by atoms with E-state index in [4.69, 9.17) is 0 Å². The van der Waals surface area contributed by atoms with Gasteiger partial charge >= 0.3 is 0 Å². The van der Waals surface area contributed by atoms with Crippen molar-refractivity contribution in [3.8, 4) is 10.6 Å². The van der Waals surface area contributed by atoms with Crippen LogP contribution >= 0.6 is 38.6 Å². The van der Waals surface area contributed by atoms with Crippen molar-refractivity contribution in [2.45, 2.75) is 6.92 Å². The van der Waals surface area contributed by atoms with E-state index in [-0.39, 0.29) is 5.78 Å². The van der Waals surface area contributed by atoms with Crippen molar-refractivity contribution in [1.82, 2.24) is 4.98 Å². The SMILES string of the molecule is CC(=O)c1nc(-c2cc(Br)cs2)cs1. The van der Waals surface area contributed by atoms with Crippen LogP contribution in [0.3, 0.4) is 0 Å². The Kier molecular flexibility index (Phi) is 2.80. The number of thiophene rings is 1. The number of aromatic nitrogens is 1. The van der Waals surface area contributed by atoms with Gasteiger partial charge in [0.15, 0.2) is 10.8 Å². The van der Waals surface area contributed by atoms with Crippen molar-refractivity contribution in [3.05, 3.63) is 26.3 Å². The number of hydrogen-bond acceptors (Lipinski definition) is 4. The number of carbonyl (C=O) groups is 1. The first-order valence-electron chi connectivity index (χ1n) is 3.87. The minimum absolute atomic E-state index is 0.0249. The molecule has 2 aromatic heterocycles. The molecule has 0 aliphatic rings. The minimum Gasteiger partial charge on any atom is -0.292 e. The summed E-state index contributed by atoms with van der Waals surface area (Å²) in [5.74, 6) is 0.0249. The summed E-state index contributed by atoms with van der Waals surface area (Å²) in [6, 6.07) is 2.00. The molecule has 0 aromatic carbocycles. The van der Waals surface area contributed by atoms with Crippen LogP contribution in [0.1, 0.15) is 16.7 Å². The second kappa shape index (κ2) is 3.92. The fourth-order valence-electron chi connectivity index (χ4n) is 0.996. The molecule has 2 aromatic rings. The molecule has 2 nitrogen and oxygen atoms in total. The summed E-state index contributed by atoms with van der Waals surface area (Å²) >= 11 is 6.39. The molecule has 0 N–H and O–H groups in total. The van der Waals surface area contributed by atoms with Gasteiger partial charge in [-0.2, -0.15) is 0 Å². The molecule has 0 radical (unpaired) electrons. The first kappa shape index (κ1) is 10.0. The van der Waals surface area contributed by atoms with Crippen molar-refractivity contribution in [2.75, 3.05) is 0 Å². The lowest BCUT2D eigenvalue weighted by atomic mass is 10.4. The predicted octanol–water partition coefficient (Wildman–Crippen LogP) is 3.84. The smallest absolute Gasteiger partial charge is 0.188 e. The van der Waals surface area contributed by atoms with E-state index in [0.29, 0.717) is 5.01 Å². The van der Waals surface area contributed by atoms with Gasteiger partial charge in [-0.25, -0.2) is 4.98 Å². The molecular weight excluding hydrogens is 282 g/mol. The van der Waals surface area contributed by atoms with E-state index in [0.717, 1.165) is 15.0 Å². The Morgan fingerprint density at radius 2 is 2.21 bits per heavy atom. The Morgan fingerprint density at radius 1 is 1.43 bits per heavy atom. The first-order chi connectivity index (χ1) is 6.66. The fraction of sp³-hybridized carbons (Fsp3) is 0.111. The van der Waals surface area contributed by atoms with Crippen LogP contribution in [-0.4, -0.2) is 10.8 Å². The molecule has 5 heteroatoms. The van der Waals surface area contributed by atoms with Crippen molar-refractivity contribution in [1.29, 1.82) is 0 Å². The molecule has 0 spiro atoms. The van der Waals surface area contributed by atoms with Gasteiger partial charge in [0.05, 0.1) is 10.6 Å². The zero-order chi connectivity index (χ0) is 10.1. The molecule has 2 heterocycles. The average molecular weight is 288 g/mol. The molecule has 72 valence electrons. The van der Waals surface area contributed by atoms with Crippen LogP contribution < -0.4 is 0 Å². The number of ketones is 1. The number of halogens is 1. The maximum atomic E-state index is 11.0. The van der Waals surface area contributed by atoms with Crippen LogP contribution in [0.4, 0.5) is 0 Å². The highest BCUT2D eigenvalue weighted by atomic mass is 79.9. The Bertz CT molecular complexity index is 475. The molecule has 0 amide bonds. The van der Waals surface area contributed by atoms with Crippen molar-refractivity contribution >= 4 is 44.4 Å². The van der Waals surface area contributed by atoms with Crippen LogP contribution in [0.25, 0.3) is 10.6 Å². The van der Waals surface area contributed by atoms with Crippen molar-refractivity contribution < 1.29 is 4.79 Å². The third-order valence-corrected chi connectivity index (χ3v) is 4.28. The fourth-order valence-corrected chi connectivity index (χ4v) is 3.18. The number of thiazole rings is 1. The van der Waals surface area contributed by atoms with Crippen molar-refractivity contribution in [2.24, 2.45) is 0 Å². The molecule has 0 aliphatic heterocycles. The molecule has 0 saturated heterocycles. The van der Waals surface area contributed by atoms with E-state index >= 15 is 0 Å². The molecule has 0 atom stereocenters. The number of Topliss-reactive ketones (excluding diaryl/α,β-unsaturated/α-hetero) is 1. The van der Waals surface area contributed by atoms with E-state index in [2.05, 4.69) is 20.9 Å². The normalized spacial score (nSPS) is 10.4. The van der Waals surface area contributed by atoms with Gasteiger partial charge in [-0.3, -0.25) is 4.79 Å². The molecule has 14 heavy (non-hydrogen) atoms. The zero-order valence-electron chi connectivity index (χ0n) is 7.28. The summed E-state index contributed by atoms with van der Waals surface area (Å²) in [6.07, 6.45) is 0. The maximum Gasteiger partial charge on any atom is 0.188 e. The zero-order valence-corrected chi connectivity index (χ0v) is 10.5. The third-order valence-electron chi connectivity index (χ3n) is 1.63. The number of rotatable bonds is 2. The predicted molar refractivity (Wildman–Crippen MR) is 63.1 cm³/mol. The summed E-state index contributed by atoms with van der Waals surface area (Å²) in [4.78, 5) is 16.4. The Hall–Kier alpha value is -0.520. The van der Waals surface area contributed by atoms with Crippen molar-refractivity contribution in [3.63, 3.8) is 0 Å². The van der Waals surface area contributed by atoms with E-state index in [1.165, 1.54) is 18.3 Å². The lowest BCUT2D eigenvalue weighted by Gasteiger charge is -1.86. The highest BCUT2D eigenvalue weighted by Crippen LogP contribution is 2.30. The standard InChI is InChI=1S/C9H6BrNOS2/c1-5(12)9-11-7(4-14-9)8-2-6(10)3-13-8/h2-4H,1H3. The van der Waals surface area contributed by atoms with E-state index < -0.39 is 0 Å². The Balaban J connectivity index is 2.38. The van der Waals surface area contributed by atoms with Crippen LogP contribution in [0, 0.1) is 0 Å².